The molecule has 5 heteroatoms. The van der Waals surface area contributed by atoms with Crippen LogP contribution in [-0.4, -0.2) is 49.2 Å². The summed E-state index contributed by atoms with van der Waals surface area (Å²) in [6.07, 6.45) is 0. The zero-order chi connectivity index (χ0) is 12.6. The highest BCUT2D eigenvalue weighted by Crippen LogP contribution is 2.12. The van der Waals surface area contributed by atoms with E-state index in [0.717, 1.165) is 0 Å². The maximum atomic E-state index is 10.6. The predicted octanol–water partition coefficient (Wildman–Crippen LogP) is 0.823. The fourth-order valence-corrected chi connectivity index (χ4v) is 1.29. The van der Waals surface area contributed by atoms with Crippen molar-refractivity contribution in [2.75, 3.05) is 26.3 Å². The molecule has 0 aliphatic carbocycles. The van der Waals surface area contributed by atoms with Crippen molar-refractivity contribution >= 4 is 12.4 Å². The fraction of sp³-hybridized carbons (Fsp3) is 0.818. The normalized spacial score (nSPS) is 11.3. The molecule has 16 heavy (non-hydrogen) atoms. The summed E-state index contributed by atoms with van der Waals surface area (Å²) in [7, 11) is 0. The molecule has 94 valence electrons. The van der Waals surface area contributed by atoms with E-state index in [0.29, 0.717) is 32.8 Å². The standard InChI is InChI=1S/C11H21NO4/c1-10(14)16-8-6-12(11(2,3)4)5-7-15-9-13/h9H,5-8H2,1-4H3. The van der Waals surface area contributed by atoms with E-state index in [1.54, 1.807) is 0 Å². The summed E-state index contributed by atoms with van der Waals surface area (Å²) in [6.45, 7) is 9.96. The van der Waals surface area contributed by atoms with Gasteiger partial charge in [0.1, 0.15) is 13.2 Å². The molecule has 0 aliphatic rings. The van der Waals surface area contributed by atoms with Crippen molar-refractivity contribution in [1.82, 2.24) is 4.90 Å². The number of nitrogens with zero attached hydrogens (tertiary/aromatic N) is 1. The van der Waals surface area contributed by atoms with Crippen LogP contribution in [0.25, 0.3) is 0 Å². The van der Waals surface area contributed by atoms with Crippen LogP contribution in [-0.2, 0) is 19.1 Å². The molecule has 0 N–H and O–H groups in total. The molecule has 0 saturated heterocycles. The summed E-state index contributed by atoms with van der Waals surface area (Å²) in [5, 5.41) is 0. The first-order chi connectivity index (χ1) is 7.38. The van der Waals surface area contributed by atoms with Crippen LogP contribution in [0.15, 0.2) is 0 Å². The van der Waals surface area contributed by atoms with Gasteiger partial charge in [0.25, 0.3) is 6.47 Å². The molecule has 0 unspecified atom stereocenters. The molecule has 0 rings (SSSR count). The van der Waals surface area contributed by atoms with Gasteiger partial charge in [0, 0.05) is 25.6 Å². The van der Waals surface area contributed by atoms with E-state index in [9.17, 15) is 9.59 Å². The molecule has 0 fully saturated rings. The van der Waals surface area contributed by atoms with Crippen LogP contribution in [0, 0.1) is 0 Å². The van der Waals surface area contributed by atoms with Crippen LogP contribution in [0.2, 0.25) is 0 Å². The van der Waals surface area contributed by atoms with Crippen LogP contribution in [0.3, 0.4) is 0 Å². The zero-order valence-corrected chi connectivity index (χ0v) is 10.5. The topological polar surface area (TPSA) is 55.8 Å². The lowest BCUT2D eigenvalue weighted by atomic mass is 10.1. The monoisotopic (exact) mass is 231 g/mol. The highest BCUT2D eigenvalue weighted by Gasteiger charge is 2.20. The van der Waals surface area contributed by atoms with Gasteiger partial charge in [-0.3, -0.25) is 14.5 Å². The van der Waals surface area contributed by atoms with Gasteiger partial charge >= 0.3 is 5.97 Å². The Hall–Kier alpha value is -1.10. The van der Waals surface area contributed by atoms with Crippen LogP contribution in [0.5, 0.6) is 0 Å². The number of ether oxygens (including phenoxy) is 2. The van der Waals surface area contributed by atoms with Crippen molar-refractivity contribution in [2.24, 2.45) is 0 Å². The summed E-state index contributed by atoms with van der Waals surface area (Å²) >= 11 is 0. The molecular weight excluding hydrogens is 210 g/mol. The van der Waals surface area contributed by atoms with Gasteiger partial charge in [0.05, 0.1) is 0 Å². The molecule has 0 atom stereocenters. The largest absolute Gasteiger partial charge is 0.467 e. The minimum Gasteiger partial charge on any atom is -0.467 e. The molecule has 0 aromatic carbocycles. The van der Waals surface area contributed by atoms with E-state index in [1.165, 1.54) is 6.92 Å². The van der Waals surface area contributed by atoms with Crippen molar-refractivity contribution in [3.8, 4) is 0 Å². The number of rotatable bonds is 7. The van der Waals surface area contributed by atoms with Gasteiger partial charge in [-0.25, -0.2) is 0 Å². The molecule has 0 aliphatic heterocycles. The number of hydrogen-bond acceptors (Lipinski definition) is 5. The fourth-order valence-electron chi connectivity index (χ4n) is 1.29. The van der Waals surface area contributed by atoms with Crippen LogP contribution >= 0.6 is 0 Å². The van der Waals surface area contributed by atoms with E-state index in [2.05, 4.69) is 30.4 Å². The Bertz CT molecular complexity index is 223. The van der Waals surface area contributed by atoms with Crippen molar-refractivity contribution in [2.45, 2.75) is 33.2 Å². The third-order valence-corrected chi connectivity index (χ3v) is 2.16. The van der Waals surface area contributed by atoms with Gasteiger partial charge in [-0.05, 0) is 20.8 Å². The SMILES string of the molecule is CC(=O)OCCN(CCOC=O)C(C)(C)C. The number of hydrogen-bond donors (Lipinski definition) is 0. The van der Waals surface area contributed by atoms with Gasteiger partial charge in [-0.2, -0.15) is 0 Å². The molecular formula is C11H21NO4. The second-order valence-corrected chi connectivity index (χ2v) is 4.46. The molecule has 0 heterocycles. The number of esters is 1. The Labute approximate surface area is 96.7 Å². The van der Waals surface area contributed by atoms with E-state index in [-0.39, 0.29) is 11.5 Å². The molecule has 0 amide bonds. The third-order valence-electron chi connectivity index (χ3n) is 2.16. The average molecular weight is 231 g/mol. The van der Waals surface area contributed by atoms with E-state index in [4.69, 9.17) is 4.74 Å². The molecule has 0 saturated carbocycles. The first-order valence-electron chi connectivity index (χ1n) is 5.31. The second-order valence-electron chi connectivity index (χ2n) is 4.46. The van der Waals surface area contributed by atoms with E-state index < -0.39 is 0 Å². The first kappa shape index (κ1) is 14.9. The maximum Gasteiger partial charge on any atom is 0.302 e. The minimum absolute atomic E-state index is 0.0492. The minimum atomic E-state index is -0.280. The second kappa shape index (κ2) is 7.22. The van der Waals surface area contributed by atoms with E-state index in [1.807, 2.05) is 0 Å². The van der Waals surface area contributed by atoms with Crippen molar-refractivity contribution < 1.29 is 19.1 Å². The van der Waals surface area contributed by atoms with Gasteiger partial charge in [-0.1, -0.05) is 0 Å². The molecule has 0 spiro atoms. The van der Waals surface area contributed by atoms with Crippen molar-refractivity contribution in [3.05, 3.63) is 0 Å². The summed E-state index contributed by atoms with van der Waals surface area (Å²) in [4.78, 5) is 22.7. The summed E-state index contributed by atoms with van der Waals surface area (Å²) < 4.78 is 9.54. The predicted molar refractivity (Wildman–Crippen MR) is 60.0 cm³/mol. The molecule has 0 aromatic heterocycles. The van der Waals surface area contributed by atoms with E-state index >= 15 is 0 Å². The van der Waals surface area contributed by atoms with Gasteiger partial charge in [0.15, 0.2) is 0 Å². The van der Waals surface area contributed by atoms with Crippen LogP contribution in [0.1, 0.15) is 27.7 Å². The Balaban J connectivity index is 4.01. The smallest absolute Gasteiger partial charge is 0.302 e. The highest BCUT2D eigenvalue weighted by molar-refractivity contribution is 5.65. The Morgan fingerprint density at radius 1 is 1.25 bits per heavy atom. The lowest BCUT2D eigenvalue weighted by Crippen LogP contribution is -2.45. The highest BCUT2D eigenvalue weighted by atomic mass is 16.5. The van der Waals surface area contributed by atoms with Crippen LogP contribution in [0.4, 0.5) is 0 Å². The van der Waals surface area contributed by atoms with Crippen molar-refractivity contribution in [3.63, 3.8) is 0 Å². The van der Waals surface area contributed by atoms with Gasteiger partial charge in [-0.15, -0.1) is 0 Å². The number of carbonyl (C=O) groups is 2. The van der Waals surface area contributed by atoms with Crippen LogP contribution < -0.4 is 0 Å². The maximum absolute atomic E-state index is 10.6. The Kier molecular flexibility index (Phi) is 6.72. The summed E-state index contributed by atoms with van der Waals surface area (Å²) in [5.74, 6) is -0.280. The van der Waals surface area contributed by atoms with Crippen molar-refractivity contribution in [1.29, 1.82) is 0 Å². The lowest BCUT2D eigenvalue weighted by molar-refractivity contribution is -0.141. The molecule has 0 radical (unpaired) electrons. The van der Waals surface area contributed by atoms with Gasteiger partial charge in [0.2, 0.25) is 0 Å². The number of carbonyl (C=O) groups excluding carboxylic acids is 2. The summed E-state index contributed by atoms with van der Waals surface area (Å²) in [6, 6.07) is 0. The zero-order valence-electron chi connectivity index (χ0n) is 10.5. The molecule has 0 aromatic rings. The quantitative estimate of drug-likeness (QED) is 0.369. The Morgan fingerprint density at radius 2 is 1.81 bits per heavy atom. The molecule has 0 bridgehead atoms. The molecule has 5 nitrogen and oxygen atoms in total. The lowest BCUT2D eigenvalue weighted by Gasteiger charge is -2.35. The first-order valence-corrected chi connectivity index (χ1v) is 5.31. The average Bonchev–Trinajstić information content (AvgIpc) is 2.13. The van der Waals surface area contributed by atoms with Gasteiger partial charge < -0.3 is 9.47 Å². The Morgan fingerprint density at radius 3 is 2.25 bits per heavy atom. The summed E-state index contributed by atoms with van der Waals surface area (Å²) in [5.41, 5.74) is -0.0492. The third kappa shape index (κ3) is 7.23.